The third kappa shape index (κ3) is 6.25. The van der Waals surface area contributed by atoms with E-state index in [4.69, 9.17) is 23.1 Å². The van der Waals surface area contributed by atoms with Gasteiger partial charge in [0, 0.05) is 0 Å². The topological polar surface area (TPSA) is 86.9 Å². The first kappa shape index (κ1) is 16.5. The van der Waals surface area contributed by atoms with Crippen molar-refractivity contribution in [3.8, 4) is 0 Å². The van der Waals surface area contributed by atoms with Gasteiger partial charge < -0.3 is 18.9 Å². The SMILES string of the molecule is CC(C)(OS(=O)COCC1CO1)S(=O)COCC1CO1. The van der Waals surface area contributed by atoms with Crippen LogP contribution in [0.2, 0.25) is 0 Å². The molecule has 2 fully saturated rings. The standard InChI is InChI=1S/C11H20O7S2/c1-11(2,19(12)7-14-3-9-5-16-9)18-20(13)8-15-4-10-6-17-10/h9-10H,3-8H2,1-2H3. The van der Waals surface area contributed by atoms with E-state index < -0.39 is 26.8 Å². The minimum atomic E-state index is -1.65. The highest BCUT2D eigenvalue weighted by Gasteiger charge is 2.31. The van der Waals surface area contributed by atoms with E-state index in [-0.39, 0.29) is 24.1 Å². The van der Waals surface area contributed by atoms with Gasteiger partial charge in [-0.2, -0.15) is 0 Å². The summed E-state index contributed by atoms with van der Waals surface area (Å²) in [6.45, 7) is 5.44. The van der Waals surface area contributed by atoms with Crippen molar-refractivity contribution in [2.24, 2.45) is 0 Å². The molecule has 0 aliphatic carbocycles. The van der Waals surface area contributed by atoms with Gasteiger partial charge in [-0.3, -0.25) is 8.39 Å². The van der Waals surface area contributed by atoms with Crippen LogP contribution in [0.3, 0.4) is 0 Å². The third-order valence-electron chi connectivity index (χ3n) is 2.62. The molecule has 2 rings (SSSR count). The Balaban J connectivity index is 1.61. The van der Waals surface area contributed by atoms with E-state index in [1.807, 2.05) is 0 Å². The Hall–Kier alpha value is 0.1000. The highest BCUT2D eigenvalue weighted by molar-refractivity contribution is 7.87. The van der Waals surface area contributed by atoms with Crippen molar-refractivity contribution in [3.05, 3.63) is 0 Å². The Morgan fingerprint density at radius 1 is 1.05 bits per heavy atom. The van der Waals surface area contributed by atoms with Crippen molar-refractivity contribution >= 4 is 21.9 Å². The van der Waals surface area contributed by atoms with Crippen LogP contribution in [0, 0.1) is 0 Å². The third-order valence-corrected chi connectivity index (χ3v) is 5.25. The Kier molecular flexibility index (Phi) is 6.09. The lowest BCUT2D eigenvalue weighted by molar-refractivity contribution is 0.136. The van der Waals surface area contributed by atoms with Gasteiger partial charge in [0.1, 0.15) is 24.1 Å². The quantitative estimate of drug-likeness (QED) is 0.489. The first-order valence-electron chi connectivity index (χ1n) is 6.32. The maximum Gasteiger partial charge on any atom is 0.183 e. The van der Waals surface area contributed by atoms with Gasteiger partial charge in [-0.05, 0) is 13.8 Å². The van der Waals surface area contributed by atoms with Crippen LogP contribution in [0.5, 0.6) is 0 Å². The molecule has 0 amide bonds. The monoisotopic (exact) mass is 328 g/mol. The molecule has 2 heterocycles. The van der Waals surface area contributed by atoms with E-state index in [1.54, 1.807) is 13.8 Å². The fraction of sp³-hybridized carbons (Fsp3) is 1.00. The highest BCUT2D eigenvalue weighted by Crippen LogP contribution is 2.18. The summed E-state index contributed by atoms with van der Waals surface area (Å²) in [5, 5.41) is 0. The predicted octanol–water partition coefficient (Wildman–Crippen LogP) is -0.103. The summed E-state index contributed by atoms with van der Waals surface area (Å²) >= 11 is -1.65. The summed E-state index contributed by atoms with van der Waals surface area (Å²) < 4.78 is 49.3. The molecule has 0 aromatic carbocycles. The molecule has 0 aromatic rings. The van der Waals surface area contributed by atoms with Crippen LogP contribution in [0.1, 0.15) is 13.8 Å². The second-order valence-electron chi connectivity index (χ2n) is 5.02. The van der Waals surface area contributed by atoms with Gasteiger partial charge in [0.2, 0.25) is 0 Å². The molecule has 0 saturated carbocycles. The van der Waals surface area contributed by atoms with Crippen molar-refractivity contribution in [3.63, 3.8) is 0 Å². The summed E-state index contributed by atoms with van der Waals surface area (Å²) in [4.78, 5) is -1.06. The summed E-state index contributed by atoms with van der Waals surface area (Å²) in [5.41, 5.74) is 0. The zero-order valence-electron chi connectivity index (χ0n) is 11.6. The van der Waals surface area contributed by atoms with Crippen molar-refractivity contribution in [1.82, 2.24) is 0 Å². The van der Waals surface area contributed by atoms with Gasteiger partial charge in [0.15, 0.2) is 16.0 Å². The Labute approximate surface area is 123 Å². The Morgan fingerprint density at radius 2 is 1.55 bits per heavy atom. The Morgan fingerprint density at radius 3 is 2.05 bits per heavy atom. The molecule has 0 radical (unpaired) electrons. The zero-order chi connectivity index (χ0) is 14.6. The maximum atomic E-state index is 12.0. The van der Waals surface area contributed by atoms with Crippen LogP contribution in [0.4, 0.5) is 0 Å². The maximum absolute atomic E-state index is 12.0. The molecule has 0 spiro atoms. The molecule has 20 heavy (non-hydrogen) atoms. The average molecular weight is 328 g/mol. The van der Waals surface area contributed by atoms with Crippen molar-refractivity contribution in [2.45, 2.75) is 31.0 Å². The Bertz CT molecular complexity index is 366. The minimum absolute atomic E-state index is 0.0286. The van der Waals surface area contributed by atoms with Crippen molar-refractivity contribution in [1.29, 1.82) is 0 Å². The summed E-state index contributed by atoms with van der Waals surface area (Å²) in [5.74, 6) is -0.0297. The number of hydrogen-bond donors (Lipinski definition) is 0. The summed E-state index contributed by atoms with van der Waals surface area (Å²) in [6.07, 6.45) is 0.246. The smallest absolute Gasteiger partial charge is 0.183 e. The molecule has 2 aliphatic rings. The van der Waals surface area contributed by atoms with Gasteiger partial charge in [0.25, 0.3) is 0 Å². The molecule has 4 atom stereocenters. The van der Waals surface area contributed by atoms with Crippen LogP contribution >= 0.6 is 0 Å². The molecule has 9 heteroatoms. The largest absolute Gasteiger partial charge is 0.371 e. The molecule has 0 aromatic heterocycles. The second kappa shape index (κ2) is 7.39. The van der Waals surface area contributed by atoms with Gasteiger partial charge in [-0.25, -0.2) is 4.21 Å². The van der Waals surface area contributed by atoms with E-state index in [0.717, 1.165) is 0 Å². The molecule has 2 saturated heterocycles. The van der Waals surface area contributed by atoms with E-state index >= 15 is 0 Å². The molecule has 0 bridgehead atoms. The van der Waals surface area contributed by atoms with Crippen LogP contribution < -0.4 is 0 Å². The number of hydrogen-bond acceptors (Lipinski definition) is 7. The van der Waals surface area contributed by atoms with Crippen LogP contribution in [0.15, 0.2) is 0 Å². The molecular weight excluding hydrogens is 308 g/mol. The second-order valence-corrected chi connectivity index (χ2v) is 7.94. The zero-order valence-corrected chi connectivity index (χ0v) is 13.2. The first-order valence-corrected chi connectivity index (χ1v) is 8.88. The summed E-state index contributed by atoms with van der Waals surface area (Å²) in [6, 6.07) is 0. The van der Waals surface area contributed by atoms with E-state index in [2.05, 4.69) is 0 Å². The highest BCUT2D eigenvalue weighted by atomic mass is 32.2. The van der Waals surface area contributed by atoms with Crippen LogP contribution in [0.25, 0.3) is 0 Å². The fourth-order valence-corrected chi connectivity index (χ4v) is 3.05. The predicted molar refractivity (Wildman–Crippen MR) is 72.6 cm³/mol. The van der Waals surface area contributed by atoms with Gasteiger partial charge >= 0.3 is 0 Å². The van der Waals surface area contributed by atoms with Crippen molar-refractivity contribution < 1.29 is 31.5 Å². The van der Waals surface area contributed by atoms with Gasteiger partial charge in [0.05, 0.1) is 37.2 Å². The minimum Gasteiger partial charge on any atom is -0.371 e. The molecule has 0 N–H and O–H groups in total. The van der Waals surface area contributed by atoms with Crippen molar-refractivity contribution in [2.75, 3.05) is 38.3 Å². The van der Waals surface area contributed by atoms with Gasteiger partial charge in [-0.1, -0.05) is 0 Å². The van der Waals surface area contributed by atoms with Crippen LogP contribution in [-0.4, -0.2) is 63.9 Å². The van der Waals surface area contributed by atoms with E-state index in [1.165, 1.54) is 0 Å². The van der Waals surface area contributed by atoms with E-state index in [0.29, 0.717) is 26.4 Å². The average Bonchev–Trinajstić information content (AvgIpc) is 3.23. The number of rotatable bonds is 11. The van der Waals surface area contributed by atoms with Crippen LogP contribution in [-0.2, 0) is 45.0 Å². The first-order chi connectivity index (χ1) is 9.47. The normalized spacial score (nSPS) is 28.1. The lowest BCUT2D eigenvalue weighted by Gasteiger charge is -2.22. The molecule has 2 aliphatic heterocycles. The lowest BCUT2D eigenvalue weighted by atomic mass is 10.5. The van der Waals surface area contributed by atoms with Gasteiger partial charge in [-0.15, -0.1) is 0 Å². The molecule has 4 unspecified atom stereocenters. The van der Waals surface area contributed by atoms with E-state index in [9.17, 15) is 8.42 Å². The molecule has 7 nitrogen and oxygen atoms in total. The summed E-state index contributed by atoms with van der Waals surface area (Å²) in [7, 11) is -1.41. The molecule has 118 valence electrons. The number of ether oxygens (including phenoxy) is 4. The number of epoxide rings is 2. The lowest BCUT2D eigenvalue weighted by Crippen LogP contribution is -2.34. The fourth-order valence-electron chi connectivity index (χ4n) is 1.26. The molecular formula is C11H20O7S2.